The molecule has 24 heteroatoms. The molecule has 449 valence electrons. The van der Waals surface area contributed by atoms with E-state index in [-0.39, 0.29) is 51.0 Å². The number of nitro groups is 1. The van der Waals surface area contributed by atoms with Gasteiger partial charge in [0.1, 0.15) is 22.2 Å². The molecule has 0 unspecified atom stereocenters. The molecule has 6 aromatic heterocycles. The number of hydrogen-bond donors (Lipinski definition) is 5. The molecule has 2 aliphatic heterocycles. The van der Waals surface area contributed by atoms with E-state index in [1.165, 1.54) is 22.7 Å². The molecule has 0 aliphatic carbocycles. The first-order valence-corrected chi connectivity index (χ1v) is 29.5. The number of unbranched alkanes of at least 4 members (excludes halogenated alkanes) is 5. The predicted octanol–water partition coefficient (Wildman–Crippen LogP) is 13.6. The number of rotatable bonds is 20. The summed E-state index contributed by atoms with van der Waals surface area (Å²) in [4.78, 5) is 41.9. The van der Waals surface area contributed by atoms with E-state index in [4.69, 9.17) is 114 Å². The molecule has 8 heterocycles. The van der Waals surface area contributed by atoms with Crippen molar-refractivity contribution in [2.75, 3.05) is 63.8 Å². The molecule has 7 aromatic rings. The minimum absolute atomic E-state index is 0. The van der Waals surface area contributed by atoms with Gasteiger partial charge in [0, 0.05) is 163 Å². The summed E-state index contributed by atoms with van der Waals surface area (Å²) in [6.07, 6.45) is 43.8. The van der Waals surface area contributed by atoms with Crippen LogP contribution in [0.3, 0.4) is 0 Å². The normalized spacial score (nSPS) is 11.2. The van der Waals surface area contributed by atoms with E-state index < -0.39 is 4.92 Å². The van der Waals surface area contributed by atoms with Crippen LogP contribution < -0.4 is 37.6 Å². The fourth-order valence-electron chi connectivity index (χ4n) is 8.36. The van der Waals surface area contributed by atoms with Gasteiger partial charge >= 0.3 is 5.69 Å². The van der Waals surface area contributed by atoms with Crippen LogP contribution in [0.5, 0.6) is 0 Å². The molecule has 0 saturated carbocycles. The topological polar surface area (TPSA) is 234 Å². The Morgan fingerprint density at radius 1 is 0.632 bits per heavy atom. The van der Waals surface area contributed by atoms with Crippen molar-refractivity contribution in [3.8, 4) is 61.7 Å². The number of aromatic nitrogens is 7. The van der Waals surface area contributed by atoms with Crippen molar-refractivity contribution in [3.05, 3.63) is 135 Å². The second-order valence-electron chi connectivity index (χ2n) is 18.4. The van der Waals surface area contributed by atoms with Crippen LogP contribution in [0.1, 0.15) is 80.9 Å². The van der Waals surface area contributed by atoms with Crippen molar-refractivity contribution in [1.29, 1.82) is 0 Å². The summed E-state index contributed by atoms with van der Waals surface area (Å²) in [5.74, 6) is 14.1. The minimum atomic E-state index is -0.557. The third-order valence-corrected chi connectivity index (χ3v) is 15.4. The summed E-state index contributed by atoms with van der Waals surface area (Å²) in [6.45, 7) is 5.98. The van der Waals surface area contributed by atoms with Gasteiger partial charge in [0.15, 0.2) is 16.1 Å². The van der Waals surface area contributed by atoms with Crippen molar-refractivity contribution in [1.82, 2.24) is 34.5 Å². The third-order valence-electron chi connectivity index (χ3n) is 12.6. The van der Waals surface area contributed by atoms with Crippen molar-refractivity contribution in [2.45, 2.75) is 101 Å². The van der Waals surface area contributed by atoms with Gasteiger partial charge in [0.05, 0.1) is 37.5 Å². The standard InChI is InChI=1S/C18H18N4S.C12H11ClN2S.C12H13N3S.C10H10ClN3O2.C10H12ClN3.CH3.Y/c1-3-4-7-12-22-14-10-11-20-17(19)16(14)21-18(22)23-15-9-6-5-8-13(15)2;2*1-2-3-4-7-15-10-5-6-14-12(13)9(10)8-11(15)16;1-2-3-4-6-12-8-5-7-13-10(11)9(8)14(15)16;1-2-3-4-6-13-8-5-7-14-10(11)9(8)12;;/h1,5-6,8-11H,4,7,12H2,2H3,(H2,19,20);1,5-6H,3-4,7-8H2;1,5-6H,3-4,7-8H2,(H2,13,14);1,5,7H,3-4,6H2,(H,12,13);1,5,7H,3-4,6,12H2,(H,13,14);1H3;/q;;;;;-1;. The number of fused-ring (bicyclic) bond motifs is 3. The van der Waals surface area contributed by atoms with Crippen LogP contribution in [-0.2, 0) is 52.1 Å². The average molecular weight is 1360 g/mol. The Morgan fingerprint density at radius 2 is 1.10 bits per heavy atom. The van der Waals surface area contributed by atoms with Gasteiger partial charge in [0.2, 0.25) is 5.15 Å². The maximum Gasteiger partial charge on any atom is 0.329 e. The van der Waals surface area contributed by atoms with Crippen LogP contribution >= 0.6 is 71.0 Å². The monoisotopic (exact) mass is 1360 g/mol. The Balaban J connectivity index is 0.000000286. The number of nitrogens with two attached hydrogens (primary N) is 3. The molecule has 0 saturated heterocycles. The van der Waals surface area contributed by atoms with E-state index in [2.05, 4.69) is 98.6 Å². The van der Waals surface area contributed by atoms with Crippen LogP contribution in [-0.4, -0.2) is 75.6 Å². The van der Waals surface area contributed by atoms with Crippen LogP contribution in [0.15, 0.2) is 95.6 Å². The number of nitrogen functional groups attached to an aromatic ring is 3. The van der Waals surface area contributed by atoms with Gasteiger partial charge in [-0.25, -0.2) is 29.9 Å². The van der Waals surface area contributed by atoms with Gasteiger partial charge in [-0.1, -0.05) is 89.2 Å². The van der Waals surface area contributed by atoms with E-state index in [0.29, 0.717) is 52.7 Å². The van der Waals surface area contributed by atoms with Gasteiger partial charge in [-0.2, -0.15) is 0 Å². The molecular formula is C63H67Cl3N15O2S3Y-. The summed E-state index contributed by atoms with van der Waals surface area (Å²) in [7, 11) is 0. The Hall–Kier alpha value is -7.26. The van der Waals surface area contributed by atoms with E-state index in [9.17, 15) is 10.1 Å². The molecule has 0 fully saturated rings. The second kappa shape index (κ2) is 39.5. The van der Waals surface area contributed by atoms with Crippen LogP contribution in [0.2, 0.25) is 15.5 Å². The zero-order chi connectivity index (χ0) is 61.7. The summed E-state index contributed by atoms with van der Waals surface area (Å²) in [5, 5.41) is 18.5. The van der Waals surface area contributed by atoms with Crippen molar-refractivity contribution in [2.24, 2.45) is 0 Å². The number of terminal acetylenes is 5. The summed E-state index contributed by atoms with van der Waals surface area (Å²) < 4.78 is 2.18. The SMILES string of the molecule is C#CCCCN1C(=S)Cc2c1ccnc2Cl.C#CCCCN1C(=S)Cc2c1ccnc2N.C#CCCCNc1ccnc(Cl)c1N.C#CCCCNc1ccnc(Cl)c1[N+](=O)[O-].C#CCCCn1c(Sc2ccccc2C)nc2c(N)nccc21.[CH3-].[Y]. The summed E-state index contributed by atoms with van der Waals surface area (Å²) >= 11 is 29.8. The molecule has 8 N–H and O–H groups in total. The van der Waals surface area contributed by atoms with E-state index in [1.807, 2.05) is 30.3 Å². The first-order valence-electron chi connectivity index (χ1n) is 26.8. The molecule has 0 bridgehead atoms. The summed E-state index contributed by atoms with van der Waals surface area (Å²) in [5.41, 5.74) is 26.2. The Kier molecular flexibility index (Phi) is 33.6. The summed E-state index contributed by atoms with van der Waals surface area (Å²) in [6, 6.07) is 17.5. The van der Waals surface area contributed by atoms with Gasteiger partial charge in [-0.05, 0) is 81.0 Å². The van der Waals surface area contributed by atoms with Crippen molar-refractivity contribution in [3.63, 3.8) is 0 Å². The van der Waals surface area contributed by atoms with E-state index >= 15 is 0 Å². The number of benzene rings is 1. The van der Waals surface area contributed by atoms with Crippen LogP contribution in [0, 0.1) is 86.2 Å². The Labute approximate surface area is 566 Å². The van der Waals surface area contributed by atoms with Crippen molar-refractivity contribution < 1.29 is 37.6 Å². The minimum Gasteiger partial charge on any atom is -0.395 e. The molecule has 1 aromatic carbocycles. The molecule has 1 radical (unpaired) electrons. The Bertz CT molecular complexity index is 3580. The van der Waals surface area contributed by atoms with Crippen LogP contribution in [0.4, 0.5) is 45.8 Å². The van der Waals surface area contributed by atoms with E-state index in [1.54, 1.807) is 42.6 Å². The van der Waals surface area contributed by atoms with Gasteiger partial charge in [-0.3, -0.25) is 10.1 Å². The fraction of sp³-hybridized carbons (Fsp3) is 0.286. The maximum atomic E-state index is 10.7. The number of nitrogens with one attached hydrogen (secondary N) is 2. The molecule has 87 heavy (non-hydrogen) atoms. The number of thiocarbonyl (C=S) groups is 2. The first kappa shape index (κ1) is 74.0. The smallest absolute Gasteiger partial charge is 0.329 e. The molecular weight excluding hydrogens is 1290 g/mol. The average Bonchev–Trinajstić information content (AvgIpc) is 2.35. The molecule has 0 spiro atoms. The molecule has 0 atom stereocenters. The largest absolute Gasteiger partial charge is 0.395 e. The number of halogens is 3. The molecule has 0 amide bonds. The maximum absolute atomic E-state index is 10.7. The number of imidazole rings is 1. The first-order chi connectivity index (χ1) is 41.1. The van der Waals surface area contributed by atoms with Gasteiger partial charge < -0.3 is 49.6 Å². The second-order valence-corrected chi connectivity index (χ2v) is 21.5. The third kappa shape index (κ3) is 22.1. The zero-order valence-corrected chi connectivity index (χ0v) is 56.0. The molecule has 17 nitrogen and oxygen atoms in total. The van der Waals surface area contributed by atoms with Gasteiger partial charge in [0.25, 0.3) is 0 Å². The van der Waals surface area contributed by atoms with Crippen LogP contribution in [0.25, 0.3) is 11.0 Å². The number of aryl methyl sites for hydroxylation is 2. The molecule has 9 rings (SSSR count). The number of nitrogens with zero attached hydrogens (tertiary/aromatic N) is 10. The quantitative estimate of drug-likeness (QED) is 0.00908. The number of hydrogen-bond acceptors (Lipinski definition) is 16. The number of anilines is 7. The molecule has 2 aliphatic rings. The number of pyridine rings is 5. The van der Waals surface area contributed by atoms with Crippen molar-refractivity contribution >= 4 is 138 Å². The van der Waals surface area contributed by atoms with E-state index in [0.717, 1.165) is 145 Å². The fourth-order valence-corrected chi connectivity index (χ4v) is 10.6. The van der Waals surface area contributed by atoms with Gasteiger partial charge in [-0.15, -0.1) is 61.7 Å². The zero-order valence-electron chi connectivity index (χ0n) is 48.4. The Morgan fingerprint density at radius 3 is 1.69 bits per heavy atom. The predicted molar refractivity (Wildman–Crippen MR) is 366 cm³/mol.